The Bertz CT molecular complexity index is 782. The predicted molar refractivity (Wildman–Crippen MR) is 104 cm³/mol. The van der Waals surface area contributed by atoms with Crippen molar-refractivity contribution in [3.05, 3.63) is 68.2 Å². The summed E-state index contributed by atoms with van der Waals surface area (Å²) in [6.45, 7) is 3.45. The van der Waals surface area contributed by atoms with E-state index in [1.54, 1.807) is 30.3 Å². The Kier molecular flexibility index (Phi) is 7.38. The molecule has 2 aromatic carbocycles. The van der Waals surface area contributed by atoms with E-state index in [2.05, 4.69) is 5.32 Å². The van der Waals surface area contributed by atoms with E-state index in [0.29, 0.717) is 22.3 Å². The highest BCUT2D eigenvalue weighted by Crippen LogP contribution is 2.25. The number of nitro groups is 1. The Morgan fingerprint density at radius 3 is 2.46 bits per heavy atom. The number of benzene rings is 2. The van der Waals surface area contributed by atoms with Gasteiger partial charge >= 0.3 is 0 Å². The largest absolute Gasteiger partial charge is 0.324 e. The number of carbonyl (C=O) groups is 1. The Hall–Kier alpha value is -2.15. The molecule has 26 heavy (non-hydrogen) atoms. The van der Waals surface area contributed by atoms with Gasteiger partial charge in [0.25, 0.3) is 5.69 Å². The van der Waals surface area contributed by atoms with Crippen molar-refractivity contribution in [2.24, 2.45) is 0 Å². The van der Waals surface area contributed by atoms with Crippen LogP contribution >= 0.6 is 23.2 Å². The van der Waals surface area contributed by atoms with E-state index in [1.165, 1.54) is 12.1 Å². The number of hydrogen-bond donors (Lipinski definition) is 1. The molecule has 0 saturated heterocycles. The van der Waals surface area contributed by atoms with Gasteiger partial charge in [0.2, 0.25) is 5.91 Å². The average Bonchev–Trinajstić information content (AvgIpc) is 2.58. The highest BCUT2D eigenvalue weighted by molar-refractivity contribution is 6.36. The van der Waals surface area contributed by atoms with Gasteiger partial charge in [-0.05, 0) is 36.7 Å². The summed E-state index contributed by atoms with van der Waals surface area (Å²) in [7, 11) is 0. The molecule has 0 heterocycles. The maximum atomic E-state index is 12.3. The van der Waals surface area contributed by atoms with Gasteiger partial charge in [-0.25, -0.2) is 0 Å². The monoisotopic (exact) mass is 395 g/mol. The van der Waals surface area contributed by atoms with Crippen molar-refractivity contribution in [3.63, 3.8) is 0 Å². The number of amides is 1. The van der Waals surface area contributed by atoms with Crippen molar-refractivity contribution in [1.29, 1.82) is 0 Å². The normalized spacial score (nSPS) is 10.8. The number of rotatable bonds is 8. The molecule has 0 aromatic heterocycles. The van der Waals surface area contributed by atoms with E-state index >= 15 is 0 Å². The first-order chi connectivity index (χ1) is 12.4. The Morgan fingerprint density at radius 1 is 1.19 bits per heavy atom. The number of nitrogens with zero attached hydrogens (tertiary/aromatic N) is 2. The molecule has 0 unspecified atom stereocenters. The fourth-order valence-electron chi connectivity index (χ4n) is 2.50. The van der Waals surface area contributed by atoms with Gasteiger partial charge in [0.05, 0.1) is 22.2 Å². The Morgan fingerprint density at radius 2 is 1.88 bits per heavy atom. The standard InChI is InChI=1S/C18H19Cl2N3O3/c1-2-9-22(11-13-3-6-15(7-4-13)23(25)26)12-18(24)21-17-8-5-14(19)10-16(17)20/h3-8,10H,2,9,11-12H2,1H3,(H,21,24). The number of halogens is 2. The summed E-state index contributed by atoms with van der Waals surface area (Å²) >= 11 is 11.9. The van der Waals surface area contributed by atoms with Crippen molar-refractivity contribution in [1.82, 2.24) is 4.90 Å². The third-order valence-electron chi connectivity index (χ3n) is 3.67. The van der Waals surface area contributed by atoms with Crippen molar-refractivity contribution < 1.29 is 9.72 Å². The van der Waals surface area contributed by atoms with E-state index in [0.717, 1.165) is 18.5 Å². The lowest BCUT2D eigenvalue weighted by Crippen LogP contribution is -2.33. The Labute approximate surface area is 161 Å². The molecule has 0 spiro atoms. The fourth-order valence-corrected chi connectivity index (χ4v) is 2.95. The number of nitrogens with one attached hydrogen (secondary N) is 1. The van der Waals surface area contributed by atoms with Gasteiger partial charge in [-0.2, -0.15) is 0 Å². The maximum Gasteiger partial charge on any atom is 0.269 e. The van der Waals surface area contributed by atoms with E-state index in [9.17, 15) is 14.9 Å². The van der Waals surface area contributed by atoms with Crippen LogP contribution in [0.25, 0.3) is 0 Å². The molecular weight excluding hydrogens is 377 g/mol. The maximum absolute atomic E-state index is 12.3. The lowest BCUT2D eigenvalue weighted by molar-refractivity contribution is -0.384. The number of nitro benzene ring substituents is 1. The summed E-state index contributed by atoms with van der Waals surface area (Å²) in [4.78, 5) is 24.6. The minimum Gasteiger partial charge on any atom is -0.324 e. The summed E-state index contributed by atoms with van der Waals surface area (Å²) in [5.74, 6) is -0.190. The molecule has 2 aromatic rings. The van der Waals surface area contributed by atoms with Gasteiger partial charge in [-0.3, -0.25) is 19.8 Å². The zero-order valence-corrected chi connectivity index (χ0v) is 15.8. The number of anilines is 1. The molecule has 0 aliphatic carbocycles. The molecule has 0 bridgehead atoms. The molecule has 1 amide bonds. The number of carbonyl (C=O) groups excluding carboxylic acids is 1. The zero-order valence-electron chi connectivity index (χ0n) is 14.2. The van der Waals surface area contributed by atoms with Crippen LogP contribution in [-0.2, 0) is 11.3 Å². The van der Waals surface area contributed by atoms with Gasteiger partial charge in [0, 0.05) is 23.7 Å². The number of hydrogen-bond acceptors (Lipinski definition) is 4. The number of non-ortho nitro benzene ring substituents is 1. The SMILES string of the molecule is CCCN(CC(=O)Nc1ccc(Cl)cc1Cl)Cc1ccc([N+](=O)[O-])cc1. The third kappa shape index (κ3) is 5.98. The molecule has 0 aliphatic rings. The van der Waals surface area contributed by atoms with Crippen LogP contribution in [-0.4, -0.2) is 28.8 Å². The van der Waals surface area contributed by atoms with Gasteiger partial charge in [0.1, 0.15) is 0 Å². The lowest BCUT2D eigenvalue weighted by Gasteiger charge is -2.21. The van der Waals surface area contributed by atoms with Crippen molar-refractivity contribution >= 4 is 40.5 Å². The van der Waals surface area contributed by atoms with E-state index in [4.69, 9.17) is 23.2 Å². The zero-order chi connectivity index (χ0) is 19.1. The minimum atomic E-state index is -0.434. The van der Waals surface area contributed by atoms with Crippen molar-refractivity contribution in [2.75, 3.05) is 18.4 Å². The molecule has 0 radical (unpaired) electrons. The molecular formula is C18H19Cl2N3O3. The smallest absolute Gasteiger partial charge is 0.269 e. The summed E-state index contributed by atoms with van der Waals surface area (Å²) in [6, 6.07) is 11.2. The van der Waals surface area contributed by atoms with Crippen molar-refractivity contribution in [2.45, 2.75) is 19.9 Å². The lowest BCUT2D eigenvalue weighted by atomic mass is 10.2. The van der Waals surface area contributed by atoms with Crippen LogP contribution in [0.3, 0.4) is 0 Å². The van der Waals surface area contributed by atoms with Gasteiger partial charge in [0.15, 0.2) is 0 Å². The second-order valence-electron chi connectivity index (χ2n) is 5.81. The molecule has 2 rings (SSSR count). The molecule has 1 N–H and O–H groups in total. The molecule has 0 fully saturated rings. The summed E-state index contributed by atoms with van der Waals surface area (Å²) < 4.78 is 0. The van der Waals surface area contributed by atoms with Gasteiger partial charge in [-0.15, -0.1) is 0 Å². The van der Waals surface area contributed by atoms with Crippen LogP contribution in [0.2, 0.25) is 10.0 Å². The third-order valence-corrected chi connectivity index (χ3v) is 4.21. The van der Waals surface area contributed by atoms with Gasteiger partial charge in [-0.1, -0.05) is 42.3 Å². The Balaban J connectivity index is 2.00. The second kappa shape index (κ2) is 9.52. The highest BCUT2D eigenvalue weighted by Gasteiger charge is 2.13. The van der Waals surface area contributed by atoms with Crippen LogP contribution < -0.4 is 5.32 Å². The summed E-state index contributed by atoms with van der Waals surface area (Å²) in [5, 5.41) is 14.4. The fraction of sp³-hybridized carbons (Fsp3) is 0.278. The van der Waals surface area contributed by atoms with Crippen LogP contribution in [0.5, 0.6) is 0 Å². The average molecular weight is 396 g/mol. The van der Waals surface area contributed by atoms with Crippen LogP contribution in [0, 0.1) is 10.1 Å². The van der Waals surface area contributed by atoms with Crippen LogP contribution in [0.4, 0.5) is 11.4 Å². The minimum absolute atomic E-state index is 0.0471. The molecule has 6 nitrogen and oxygen atoms in total. The second-order valence-corrected chi connectivity index (χ2v) is 6.65. The van der Waals surface area contributed by atoms with Crippen LogP contribution in [0.15, 0.2) is 42.5 Å². The molecule has 138 valence electrons. The predicted octanol–water partition coefficient (Wildman–Crippen LogP) is 4.75. The molecule has 0 atom stereocenters. The van der Waals surface area contributed by atoms with Gasteiger partial charge < -0.3 is 5.32 Å². The molecule has 0 saturated carbocycles. The van der Waals surface area contributed by atoms with Crippen LogP contribution in [0.1, 0.15) is 18.9 Å². The quantitative estimate of drug-likeness (QED) is 0.516. The summed E-state index contributed by atoms with van der Waals surface area (Å²) in [6.07, 6.45) is 0.877. The molecule has 8 heteroatoms. The van der Waals surface area contributed by atoms with E-state index < -0.39 is 4.92 Å². The first kappa shape index (κ1) is 20.2. The first-order valence-corrected chi connectivity index (χ1v) is 8.85. The highest BCUT2D eigenvalue weighted by atomic mass is 35.5. The summed E-state index contributed by atoms with van der Waals surface area (Å²) in [5.41, 5.74) is 1.46. The molecule has 0 aliphatic heterocycles. The van der Waals surface area contributed by atoms with Crippen molar-refractivity contribution in [3.8, 4) is 0 Å². The van der Waals surface area contributed by atoms with E-state index in [-0.39, 0.29) is 18.1 Å². The van der Waals surface area contributed by atoms with E-state index in [1.807, 2.05) is 11.8 Å². The topological polar surface area (TPSA) is 75.5 Å². The first-order valence-electron chi connectivity index (χ1n) is 8.09.